The SMILES string of the molecule is C=C1CCOC2(CCCOC2)C1=C. The molecule has 2 heteroatoms. The van der Waals surface area contributed by atoms with Gasteiger partial charge in [0.2, 0.25) is 0 Å². The lowest BCUT2D eigenvalue weighted by atomic mass is 9.82. The molecular weight excluding hydrogens is 164 g/mol. The van der Waals surface area contributed by atoms with E-state index in [4.69, 9.17) is 9.47 Å². The Balaban J connectivity index is 2.18. The molecule has 0 aliphatic carbocycles. The van der Waals surface area contributed by atoms with Gasteiger partial charge in [-0.05, 0) is 30.4 Å². The third-order valence-electron chi connectivity index (χ3n) is 2.96. The van der Waals surface area contributed by atoms with Gasteiger partial charge in [-0.25, -0.2) is 0 Å². The summed E-state index contributed by atoms with van der Waals surface area (Å²) in [4.78, 5) is 0. The minimum Gasteiger partial charge on any atom is -0.378 e. The molecule has 0 N–H and O–H groups in total. The van der Waals surface area contributed by atoms with Gasteiger partial charge in [-0.3, -0.25) is 0 Å². The Labute approximate surface area is 79.2 Å². The molecular formula is C11H16O2. The van der Waals surface area contributed by atoms with Crippen LogP contribution in [0.2, 0.25) is 0 Å². The van der Waals surface area contributed by atoms with Crippen molar-refractivity contribution in [2.24, 2.45) is 0 Å². The molecule has 0 amide bonds. The molecule has 2 fully saturated rings. The fraction of sp³-hybridized carbons (Fsp3) is 0.636. The lowest BCUT2D eigenvalue weighted by Crippen LogP contribution is -2.46. The highest BCUT2D eigenvalue weighted by molar-refractivity contribution is 5.36. The lowest BCUT2D eigenvalue weighted by Gasteiger charge is -2.42. The quantitative estimate of drug-likeness (QED) is 0.568. The van der Waals surface area contributed by atoms with Crippen LogP contribution >= 0.6 is 0 Å². The fourth-order valence-electron chi connectivity index (χ4n) is 2.05. The number of hydrogen-bond donors (Lipinski definition) is 0. The first kappa shape index (κ1) is 8.97. The van der Waals surface area contributed by atoms with E-state index in [1.807, 2.05) is 0 Å². The van der Waals surface area contributed by atoms with Gasteiger partial charge in [0.05, 0.1) is 13.2 Å². The monoisotopic (exact) mass is 180 g/mol. The van der Waals surface area contributed by atoms with Gasteiger partial charge in [-0.2, -0.15) is 0 Å². The minimum absolute atomic E-state index is 0.229. The molecule has 1 spiro atoms. The molecule has 1 unspecified atom stereocenters. The minimum atomic E-state index is -0.229. The summed E-state index contributed by atoms with van der Waals surface area (Å²) in [6, 6.07) is 0. The first-order valence-electron chi connectivity index (χ1n) is 4.84. The maximum absolute atomic E-state index is 5.80. The molecule has 0 saturated carbocycles. The Morgan fingerprint density at radius 3 is 2.77 bits per heavy atom. The third kappa shape index (κ3) is 1.45. The van der Waals surface area contributed by atoms with Gasteiger partial charge in [0, 0.05) is 6.61 Å². The van der Waals surface area contributed by atoms with Crippen molar-refractivity contribution < 1.29 is 9.47 Å². The predicted molar refractivity (Wildman–Crippen MR) is 51.6 cm³/mol. The molecule has 13 heavy (non-hydrogen) atoms. The topological polar surface area (TPSA) is 18.5 Å². The van der Waals surface area contributed by atoms with Gasteiger partial charge in [0.25, 0.3) is 0 Å². The van der Waals surface area contributed by atoms with Gasteiger partial charge < -0.3 is 9.47 Å². The van der Waals surface area contributed by atoms with Crippen molar-refractivity contribution in [2.75, 3.05) is 19.8 Å². The van der Waals surface area contributed by atoms with Crippen molar-refractivity contribution in [3.8, 4) is 0 Å². The van der Waals surface area contributed by atoms with Crippen molar-refractivity contribution in [1.82, 2.24) is 0 Å². The van der Waals surface area contributed by atoms with E-state index in [0.717, 1.165) is 43.6 Å². The van der Waals surface area contributed by atoms with E-state index in [1.54, 1.807) is 0 Å². The van der Waals surface area contributed by atoms with Crippen molar-refractivity contribution in [1.29, 1.82) is 0 Å². The zero-order valence-electron chi connectivity index (χ0n) is 7.97. The van der Waals surface area contributed by atoms with Crippen LogP contribution in [0.5, 0.6) is 0 Å². The van der Waals surface area contributed by atoms with E-state index >= 15 is 0 Å². The molecule has 2 saturated heterocycles. The van der Waals surface area contributed by atoms with E-state index in [-0.39, 0.29) is 5.60 Å². The molecule has 2 aliphatic heterocycles. The second-order valence-corrected chi connectivity index (χ2v) is 3.83. The Morgan fingerprint density at radius 2 is 2.08 bits per heavy atom. The summed E-state index contributed by atoms with van der Waals surface area (Å²) in [6.07, 6.45) is 3.01. The lowest BCUT2D eigenvalue weighted by molar-refractivity contribution is -0.111. The van der Waals surface area contributed by atoms with Crippen LogP contribution in [0.25, 0.3) is 0 Å². The highest BCUT2D eigenvalue weighted by atomic mass is 16.5. The molecule has 72 valence electrons. The predicted octanol–water partition coefficient (Wildman–Crippen LogP) is 2.07. The second-order valence-electron chi connectivity index (χ2n) is 3.83. The van der Waals surface area contributed by atoms with Crippen molar-refractivity contribution in [3.63, 3.8) is 0 Å². The van der Waals surface area contributed by atoms with Crippen LogP contribution in [0.4, 0.5) is 0 Å². The van der Waals surface area contributed by atoms with Crippen molar-refractivity contribution in [2.45, 2.75) is 24.9 Å². The summed E-state index contributed by atoms with van der Waals surface area (Å²) in [5.74, 6) is 0. The second kappa shape index (κ2) is 3.28. The third-order valence-corrected chi connectivity index (χ3v) is 2.96. The molecule has 2 aliphatic rings. The largest absolute Gasteiger partial charge is 0.378 e. The van der Waals surface area contributed by atoms with Crippen molar-refractivity contribution >= 4 is 0 Å². The summed E-state index contributed by atoms with van der Waals surface area (Å²) < 4.78 is 11.3. The number of hydrogen-bond acceptors (Lipinski definition) is 2. The first-order valence-corrected chi connectivity index (χ1v) is 4.84. The highest BCUT2D eigenvalue weighted by Crippen LogP contribution is 2.38. The van der Waals surface area contributed by atoms with E-state index in [1.165, 1.54) is 0 Å². The van der Waals surface area contributed by atoms with Crippen LogP contribution < -0.4 is 0 Å². The van der Waals surface area contributed by atoms with Gasteiger partial charge in [0.1, 0.15) is 5.60 Å². The maximum Gasteiger partial charge on any atom is 0.116 e. The summed E-state index contributed by atoms with van der Waals surface area (Å²) in [7, 11) is 0. The van der Waals surface area contributed by atoms with E-state index in [2.05, 4.69) is 13.2 Å². The van der Waals surface area contributed by atoms with E-state index < -0.39 is 0 Å². The maximum atomic E-state index is 5.80. The molecule has 0 bridgehead atoms. The number of rotatable bonds is 0. The molecule has 2 heterocycles. The molecule has 1 atom stereocenters. The Kier molecular flexibility index (Phi) is 2.26. The molecule has 0 aromatic heterocycles. The van der Waals surface area contributed by atoms with Crippen molar-refractivity contribution in [3.05, 3.63) is 24.3 Å². The Bertz CT molecular complexity index is 231. The van der Waals surface area contributed by atoms with Crippen LogP contribution in [-0.2, 0) is 9.47 Å². The average molecular weight is 180 g/mol. The summed E-state index contributed by atoms with van der Waals surface area (Å²) >= 11 is 0. The van der Waals surface area contributed by atoms with Crippen LogP contribution in [-0.4, -0.2) is 25.4 Å². The molecule has 2 rings (SSSR count). The molecule has 0 aromatic carbocycles. The van der Waals surface area contributed by atoms with E-state index in [9.17, 15) is 0 Å². The fourth-order valence-corrected chi connectivity index (χ4v) is 2.05. The van der Waals surface area contributed by atoms with Crippen LogP contribution in [0.15, 0.2) is 24.3 Å². The molecule has 2 nitrogen and oxygen atoms in total. The molecule has 0 aromatic rings. The van der Waals surface area contributed by atoms with Crippen LogP contribution in [0, 0.1) is 0 Å². The summed E-state index contributed by atoms with van der Waals surface area (Å²) in [6.45, 7) is 10.4. The average Bonchev–Trinajstić information content (AvgIpc) is 2.16. The standard InChI is InChI=1S/C11H16O2/c1-9-4-7-13-11(10(9)2)5-3-6-12-8-11/h1-8H2. The summed E-state index contributed by atoms with van der Waals surface area (Å²) in [5, 5.41) is 0. The Morgan fingerprint density at radius 1 is 1.23 bits per heavy atom. The van der Waals surface area contributed by atoms with Gasteiger partial charge >= 0.3 is 0 Å². The van der Waals surface area contributed by atoms with Crippen LogP contribution in [0.3, 0.4) is 0 Å². The van der Waals surface area contributed by atoms with E-state index in [0.29, 0.717) is 6.61 Å². The van der Waals surface area contributed by atoms with Gasteiger partial charge in [-0.1, -0.05) is 13.2 Å². The molecule has 0 radical (unpaired) electrons. The van der Waals surface area contributed by atoms with Gasteiger partial charge in [0.15, 0.2) is 0 Å². The summed E-state index contributed by atoms with van der Waals surface area (Å²) in [5.41, 5.74) is 1.96. The normalized spacial score (nSPS) is 35.4. The first-order chi connectivity index (χ1) is 6.25. The zero-order chi connectivity index (χ0) is 9.31. The number of ether oxygens (including phenoxy) is 2. The van der Waals surface area contributed by atoms with Crippen LogP contribution in [0.1, 0.15) is 19.3 Å². The smallest absolute Gasteiger partial charge is 0.116 e. The highest BCUT2D eigenvalue weighted by Gasteiger charge is 2.39. The van der Waals surface area contributed by atoms with Gasteiger partial charge in [-0.15, -0.1) is 0 Å². The zero-order valence-corrected chi connectivity index (χ0v) is 7.97. The Hall–Kier alpha value is -0.600.